The van der Waals surface area contributed by atoms with Crippen molar-refractivity contribution in [3.8, 4) is 0 Å². The molecule has 2 rings (SSSR count). The number of nitrogens with one attached hydrogen (secondary N) is 2. The van der Waals surface area contributed by atoms with Crippen LogP contribution in [0, 0.1) is 0 Å². The number of anilines is 1. The number of hydrogen-bond donors (Lipinski definition) is 2. The van der Waals surface area contributed by atoms with Crippen LogP contribution in [0.3, 0.4) is 0 Å². The van der Waals surface area contributed by atoms with Gasteiger partial charge < -0.3 is 4.74 Å². The van der Waals surface area contributed by atoms with Gasteiger partial charge in [0.2, 0.25) is 5.95 Å². The lowest BCUT2D eigenvalue weighted by Crippen LogP contribution is -2.11. The third-order valence-electron chi connectivity index (χ3n) is 1.86. The third-order valence-corrected chi connectivity index (χ3v) is 2.93. The maximum Gasteiger partial charge on any atom is 0.348 e. The molecule has 0 aliphatic rings. The number of carbonyl (C=O) groups excluding carboxylic acids is 2. The van der Waals surface area contributed by atoms with E-state index in [-0.39, 0.29) is 11.9 Å². The Morgan fingerprint density at radius 2 is 2.18 bits per heavy atom. The zero-order chi connectivity index (χ0) is 12.3. The van der Waals surface area contributed by atoms with Crippen molar-refractivity contribution in [1.82, 2.24) is 15.2 Å². The van der Waals surface area contributed by atoms with Crippen molar-refractivity contribution in [3.05, 3.63) is 28.2 Å². The summed E-state index contributed by atoms with van der Waals surface area (Å²) in [6, 6.07) is 3.08. The molecule has 88 valence electrons. The minimum Gasteiger partial charge on any atom is -0.465 e. The maximum atomic E-state index is 11.7. The molecule has 0 spiro atoms. The number of thiophene rings is 1. The van der Waals surface area contributed by atoms with Crippen molar-refractivity contribution in [3.63, 3.8) is 0 Å². The minimum absolute atomic E-state index is 0.253. The molecule has 0 aromatic carbocycles. The fourth-order valence-corrected chi connectivity index (χ4v) is 1.92. The predicted molar refractivity (Wildman–Crippen MR) is 60.0 cm³/mol. The highest BCUT2D eigenvalue weighted by Gasteiger charge is 2.14. The molecule has 2 N–H and O–H groups in total. The number of methoxy groups -OCH3 is 1. The van der Waals surface area contributed by atoms with Crippen molar-refractivity contribution < 1.29 is 14.3 Å². The number of hydrogen-bond acceptors (Lipinski definition) is 6. The van der Waals surface area contributed by atoms with Gasteiger partial charge >= 0.3 is 5.97 Å². The fraction of sp³-hybridized carbons (Fsp3) is 0.111. The van der Waals surface area contributed by atoms with Crippen LogP contribution in [0.2, 0.25) is 0 Å². The number of carbonyl (C=O) groups is 2. The van der Waals surface area contributed by atoms with Gasteiger partial charge in [-0.1, -0.05) is 0 Å². The molecule has 0 bridgehead atoms. The second-order valence-corrected chi connectivity index (χ2v) is 4.03. The summed E-state index contributed by atoms with van der Waals surface area (Å²) in [6.45, 7) is 0. The molecule has 0 atom stereocenters. The standard InChI is InChI=1S/C9H8N4O3S/c1-16-8(15)6-3-2-5(17-6)7(14)12-9-10-4-11-13-9/h2-4H,1H3,(H2,10,11,12,13,14). The maximum absolute atomic E-state index is 11.7. The average Bonchev–Trinajstić information content (AvgIpc) is 2.98. The van der Waals surface area contributed by atoms with Gasteiger partial charge in [0.15, 0.2) is 0 Å². The summed E-state index contributed by atoms with van der Waals surface area (Å²) in [4.78, 5) is 27.4. The Hall–Kier alpha value is -2.22. The first-order chi connectivity index (χ1) is 8.20. The molecule has 2 aromatic heterocycles. The smallest absolute Gasteiger partial charge is 0.348 e. The van der Waals surface area contributed by atoms with E-state index in [4.69, 9.17) is 0 Å². The highest BCUT2D eigenvalue weighted by atomic mass is 32.1. The van der Waals surface area contributed by atoms with Crippen molar-refractivity contribution >= 4 is 29.2 Å². The first-order valence-corrected chi connectivity index (χ1v) is 5.37. The van der Waals surface area contributed by atoms with E-state index in [9.17, 15) is 9.59 Å². The summed E-state index contributed by atoms with van der Waals surface area (Å²) in [5.41, 5.74) is 0. The molecule has 2 aromatic rings. The largest absolute Gasteiger partial charge is 0.465 e. The molecule has 1 amide bonds. The topological polar surface area (TPSA) is 97.0 Å². The molecule has 2 heterocycles. The molecular weight excluding hydrogens is 244 g/mol. The quantitative estimate of drug-likeness (QED) is 0.791. The zero-order valence-corrected chi connectivity index (χ0v) is 9.58. The Kier molecular flexibility index (Phi) is 3.15. The van der Waals surface area contributed by atoms with Gasteiger partial charge in [0.25, 0.3) is 5.91 Å². The van der Waals surface area contributed by atoms with E-state index < -0.39 is 5.97 Å². The molecule has 0 fully saturated rings. The van der Waals surface area contributed by atoms with Gasteiger partial charge in [-0.3, -0.25) is 10.1 Å². The highest BCUT2D eigenvalue weighted by molar-refractivity contribution is 7.16. The van der Waals surface area contributed by atoms with Gasteiger partial charge in [0.1, 0.15) is 11.2 Å². The van der Waals surface area contributed by atoms with Gasteiger partial charge in [-0.2, -0.15) is 10.1 Å². The van der Waals surface area contributed by atoms with Crippen LogP contribution in [0.4, 0.5) is 5.95 Å². The molecule has 0 aliphatic carbocycles. The monoisotopic (exact) mass is 252 g/mol. The number of esters is 1. The fourth-order valence-electron chi connectivity index (χ4n) is 1.11. The lowest BCUT2D eigenvalue weighted by molar-refractivity contribution is 0.0606. The SMILES string of the molecule is COC(=O)c1ccc(C(=O)Nc2ncn[nH]2)s1. The molecule has 0 aliphatic heterocycles. The molecule has 0 saturated heterocycles. The number of aromatic nitrogens is 3. The average molecular weight is 252 g/mol. The number of amides is 1. The van der Waals surface area contributed by atoms with Crippen LogP contribution >= 0.6 is 11.3 Å². The van der Waals surface area contributed by atoms with Crippen molar-refractivity contribution in [2.45, 2.75) is 0 Å². The second-order valence-electron chi connectivity index (χ2n) is 2.94. The van der Waals surface area contributed by atoms with E-state index in [1.165, 1.54) is 19.5 Å². The number of H-pyrrole nitrogens is 1. The molecule has 7 nitrogen and oxygen atoms in total. The van der Waals surface area contributed by atoms with E-state index in [1.54, 1.807) is 6.07 Å². The molecule has 17 heavy (non-hydrogen) atoms. The zero-order valence-electron chi connectivity index (χ0n) is 8.76. The number of nitrogens with zero attached hydrogens (tertiary/aromatic N) is 2. The molecule has 0 unspecified atom stereocenters. The van der Waals surface area contributed by atoms with Crippen LogP contribution in [0.15, 0.2) is 18.5 Å². The first-order valence-electron chi connectivity index (χ1n) is 4.55. The van der Waals surface area contributed by atoms with Crippen LogP contribution < -0.4 is 5.32 Å². The van der Waals surface area contributed by atoms with Gasteiger partial charge in [0, 0.05) is 0 Å². The van der Waals surface area contributed by atoms with Crippen LogP contribution in [0.1, 0.15) is 19.3 Å². The number of ether oxygens (including phenoxy) is 1. The summed E-state index contributed by atoms with van der Waals surface area (Å²) in [7, 11) is 1.29. The predicted octanol–water partition coefficient (Wildman–Crippen LogP) is 0.905. The third kappa shape index (κ3) is 2.48. The summed E-state index contributed by atoms with van der Waals surface area (Å²) in [5, 5.41) is 8.59. The Morgan fingerprint density at radius 3 is 2.82 bits per heavy atom. The van der Waals surface area contributed by atoms with Crippen molar-refractivity contribution in [2.75, 3.05) is 12.4 Å². The number of rotatable bonds is 3. The molecular formula is C9H8N4O3S. The first kappa shape index (κ1) is 11.3. The Balaban J connectivity index is 2.10. The Labute approximate surface area is 99.8 Å². The lowest BCUT2D eigenvalue weighted by atomic mass is 10.4. The van der Waals surface area contributed by atoms with Crippen LogP contribution in [-0.4, -0.2) is 34.2 Å². The van der Waals surface area contributed by atoms with Gasteiger partial charge in [-0.25, -0.2) is 9.89 Å². The van der Waals surface area contributed by atoms with Gasteiger partial charge in [-0.15, -0.1) is 11.3 Å². The Morgan fingerprint density at radius 1 is 1.41 bits per heavy atom. The lowest BCUT2D eigenvalue weighted by Gasteiger charge is -1.97. The number of aromatic amines is 1. The second kappa shape index (κ2) is 4.74. The van der Waals surface area contributed by atoms with Crippen molar-refractivity contribution in [1.29, 1.82) is 0 Å². The minimum atomic E-state index is -0.464. The molecule has 0 radical (unpaired) electrons. The highest BCUT2D eigenvalue weighted by Crippen LogP contribution is 2.18. The van der Waals surface area contributed by atoms with E-state index in [0.29, 0.717) is 9.75 Å². The van der Waals surface area contributed by atoms with Gasteiger partial charge in [-0.05, 0) is 12.1 Å². The Bertz CT molecular complexity index is 534. The van der Waals surface area contributed by atoms with E-state index >= 15 is 0 Å². The van der Waals surface area contributed by atoms with Crippen molar-refractivity contribution in [2.24, 2.45) is 0 Å². The summed E-state index contributed by atoms with van der Waals surface area (Å²) in [6.07, 6.45) is 1.28. The molecule has 8 heteroatoms. The normalized spacial score (nSPS) is 9.94. The summed E-state index contributed by atoms with van der Waals surface area (Å²) < 4.78 is 4.55. The van der Waals surface area contributed by atoms with E-state index in [0.717, 1.165) is 11.3 Å². The van der Waals surface area contributed by atoms with E-state index in [2.05, 4.69) is 25.2 Å². The summed E-state index contributed by atoms with van der Waals surface area (Å²) >= 11 is 1.05. The molecule has 0 saturated carbocycles. The van der Waals surface area contributed by atoms with E-state index in [1.807, 2.05) is 0 Å². The van der Waals surface area contributed by atoms with Crippen LogP contribution in [0.5, 0.6) is 0 Å². The van der Waals surface area contributed by atoms with Crippen LogP contribution in [0.25, 0.3) is 0 Å². The van der Waals surface area contributed by atoms with Crippen LogP contribution in [-0.2, 0) is 4.74 Å². The van der Waals surface area contributed by atoms with Gasteiger partial charge in [0.05, 0.1) is 12.0 Å². The summed E-state index contributed by atoms with van der Waals surface area (Å²) in [5.74, 6) is -0.571.